The zero-order chi connectivity index (χ0) is 17.1. The van der Waals surface area contributed by atoms with Gasteiger partial charge in [-0.05, 0) is 12.0 Å². The van der Waals surface area contributed by atoms with Gasteiger partial charge in [0, 0.05) is 36.2 Å². The fourth-order valence-electron chi connectivity index (χ4n) is 2.73. The van der Waals surface area contributed by atoms with E-state index in [0.29, 0.717) is 31.4 Å². The summed E-state index contributed by atoms with van der Waals surface area (Å²) in [4.78, 5) is 24.5. The molecule has 1 aliphatic rings. The molecule has 2 aromatic rings. The lowest BCUT2D eigenvalue weighted by atomic mass is 10.1. The number of thiophene rings is 1. The van der Waals surface area contributed by atoms with Gasteiger partial charge in [-0.25, -0.2) is 4.98 Å². The van der Waals surface area contributed by atoms with Crippen LogP contribution in [0.5, 0.6) is 0 Å². The van der Waals surface area contributed by atoms with Gasteiger partial charge >= 0.3 is 0 Å². The topological polar surface area (TPSA) is 67.4 Å². The van der Waals surface area contributed by atoms with Crippen molar-refractivity contribution in [1.29, 1.82) is 0 Å². The Bertz CT molecular complexity index is 716. The van der Waals surface area contributed by atoms with Gasteiger partial charge in [-0.3, -0.25) is 9.78 Å². The predicted octanol–water partition coefficient (Wildman–Crippen LogP) is 2.92. The average molecular weight is 346 g/mol. The maximum atomic E-state index is 12.8. The van der Waals surface area contributed by atoms with Gasteiger partial charge in [0.2, 0.25) is 0 Å². The summed E-state index contributed by atoms with van der Waals surface area (Å²) in [6, 6.07) is 2.00. The third-order valence-corrected chi connectivity index (χ3v) is 5.29. The lowest BCUT2D eigenvalue weighted by Gasteiger charge is -2.33. The quantitative estimate of drug-likeness (QED) is 0.922. The number of rotatable bonds is 4. The van der Waals surface area contributed by atoms with Crippen LogP contribution in [0, 0.1) is 0 Å². The Morgan fingerprint density at radius 1 is 1.42 bits per heavy atom. The largest absolute Gasteiger partial charge is 0.372 e. The van der Waals surface area contributed by atoms with E-state index >= 15 is 0 Å². The number of carbonyl (C=O) groups is 1. The molecule has 1 N–H and O–H groups in total. The minimum Gasteiger partial charge on any atom is -0.372 e. The Morgan fingerprint density at radius 3 is 2.92 bits per heavy atom. The standard InChI is InChI=1S/C17H22N4O2S/c1-11(2)14-8-12(10-24-14)17(22)21-6-7-23-13(9-21)15-16(18-3)20-5-4-19-15/h4-5,8,10-11,13H,6-7,9H2,1-3H3,(H,18,20)/t13-/m0/s1. The van der Waals surface area contributed by atoms with E-state index in [1.54, 1.807) is 30.8 Å². The average Bonchev–Trinajstić information content (AvgIpc) is 3.11. The van der Waals surface area contributed by atoms with Crippen LogP contribution in [0.1, 0.15) is 46.8 Å². The second-order valence-electron chi connectivity index (χ2n) is 6.04. The number of aromatic nitrogens is 2. The van der Waals surface area contributed by atoms with E-state index in [-0.39, 0.29) is 12.0 Å². The minimum atomic E-state index is -0.262. The molecule has 7 heteroatoms. The number of amides is 1. The van der Waals surface area contributed by atoms with E-state index in [0.717, 1.165) is 11.3 Å². The summed E-state index contributed by atoms with van der Waals surface area (Å²) in [6.45, 7) is 5.85. The van der Waals surface area contributed by atoms with Crippen LogP contribution in [0.25, 0.3) is 0 Å². The second-order valence-corrected chi connectivity index (χ2v) is 6.99. The molecule has 0 radical (unpaired) electrons. The molecule has 6 nitrogen and oxygen atoms in total. The highest BCUT2D eigenvalue weighted by molar-refractivity contribution is 7.10. The van der Waals surface area contributed by atoms with Crippen LogP contribution < -0.4 is 5.32 Å². The number of anilines is 1. The highest BCUT2D eigenvalue weighted by Gasteiger charge is 2.29. The summed E-state index contributed by atoms with van der Waals surface area (Å²) < 4.78 is 5.83. The van der Waals surface area contributed by atoms with Crippen molar-refractivity contribution in [3.8, 4) is 0 Å². The van der Waals surface area contributed by atoms with Crippen LogP contribution in [0.2, 0.25) is 0 Å². The monoisotopic (exact) mass is 346 g/mol. The van der Waals surface area contributed by atoms with Crippen molar-refractivity contribution in [1.82, 2.24) is 14.9 Å². The number of hydrogen-bond acceptors (Lipinski definition) is 6. The smallest absolute Gasteiger partial charge is 0.254 e. The molecule has 0 aliphatic carbocycles. The summed E-state index contributed by atoms with van der Waals surface area (Å²) in [6.07, 6.45) is 3.02. The Morgan fingerprint density at radius 2 is 2.21 bits per heavy atom. The first-order chi connectivity index (χ1) is 11.6. The maximum Gasteiger partial charge on any atom is 0.254 e. The molecule has 1 saturated heterocycles. The minimum absolute atomic E-state index is 0.0568. The first-order valence-electron chi connectivity index (χ1n) is 8.08. The van der Waals surface area contributed by atoms with Crippen LogP contribution in [-0.2, 0) is 4.74 Å². The van der Waals surface area contributed by atoms with Crippen LogP contribution in [0.4, 0.5) is 5.82 Å². The Balaban J connectivity index is 1.76. The number of morpholine rings is 1. The van der Waals surface area contributed by atoms with Gasteiger partial charge in [0.1, 0.15) is 17.6 Å². The molecule has 1 fully saturated rings. The van der Waals surface area contributed by atoms with Crippen molar-refractivity contribution in [3.63, 3.8) is 0 Å². The van der Waals surface area contributed by atoms with Gasteiger partial charge in [-0.1, -0.05) is 13.8 Å². The SMILES string of the molecule is CNc1nccnc1[C@@H]1CN(C(=O)c2csc(C(C)C)c2)CCO1. The first-order valence-corrected chi connectivity index (χ1v) is 8.96. The van der Waals surface area contributed by atoms with E-state index in [9.17, 15) is 4.79 Å². The zero-order valence-electron chi connectivity index (χ0n) is 14.2. The van der Waals surface area contributed by atoms with Gasteiger partial charge in [0.05, 0.1) is 18.7 Å². The number of nitrogens with zero attached hydrogens (tertiary/aromatic N) is 3. The van der Waals surface area contributed by atoms with E-state index in [2.05, 4.69) is 29.1 Å². The van der Waals surface area contributed by atoms with E-state index < -0.39 is 0 Å². The molecule has 1 atom stereocenters. The Kier molecular flexibility index (Phi) is 5.11. The Labute approximate surface area is 145 Å². The lowest BCUT2D eigenvalue weighted by molar-refractivity contribution is -0.0245. The van der Waals surface area contributed by atoms with Gasteiger partial charge in [0.15, 0.2) is 0 Å². The highest BCUT2D eigenvalue weighted by atomic mass is 32.1. The van der Waals surface area contributed by atoms with Gasteiger partial charge in [-0.2, -0.15) is 0 Å². The molecule has 1 amide bonds. The van der Waals surface area contributed by atoms with Crippen LogP contribution in [0.15, 0.2) is 23.8 Å². The molecule has 0 spiro atoms. The second kappa shape index (κ2) is 7.27. The number of nitrogens with one attached hydrogen (secondary N) is 1. The van der Waals surface area contributed by atoms with E-state index in [4.69, 9.17) is 4.74 Å². The van der Waals surface area contributed by atoms with Crippen molar-refractivity contribution < 1.29 is 9.53 Å². The van der Waals surface area contributed by atoms with E-state index in [1.165, 1.54) is 4.88 Å². The molecule has 3 heterocycles. The predicted molar refractivity (Wildman–Crippen MR) is 94.6 cm³/mol. The third kappa shape index (κ3) is 3.42. The summed E-state index contributed by atoms with van der Waals surface area (Å²) in [7, 11) is 1.80. The van der Waals surface area contributed by atoms with Gasteiger partial charge in [-0.15, -0.1) is 11.3 Å². The molecule has 0 unspecified atom stereocenters. The van der Waals surface area contributed by atoms with Gasteiger partial charge < -0.3 is 15.0 Å². The molecule has 0 saturated carbocycles. The fraction of sp³-hybridized carbons (Fsp3) is 0.471. The van der Waals surface area contributed by atoms with Crippen LogP contribution >= 0.6 is 11.3 Å². The molecule has 0 bridgehead atoms. The molecule has 2 aromatic heterocycles. The Hall–Kier alpha value is -1.99. The number of hydrogen-bond donors (Lipinski definition) is 1. The molecular formula is C17H22N4O2S. The lowest BCUT2D eigenvalue weighted by Crippen LogP contribution is -2.42. The van der Waals surface area contributed by atoms with Gasteiger partial charge in [0.25, 0.3) is 5.91 Å². The first kappa shape index (κ1) is 16.9. The molecule has 0 aromatic carbocycles. The summed E-state index contributed by atoms with van der Waals surface area (Å²) in [5, 5.41) is 4.98. The third-order valence-electron chi connectivity index (χ3n) is 4.06. The normalized spacial score (nSPS) is 18.0. The summed E-state index contributed by atoms with van der Waals surface area (Å²) >= 11 is 1.64. The summed E-state index contributed by atoms with van der Waals surface area (Å²) in [5.41, 5.74) is 1.50. The highest BCUT2D eigenvalue weighted by Crippen LogP contribution is 2.28. The molecule has 3 rings (SSSR count). The van der Waals surface area contributed by atoms with Crippen LogP contribution in [-0.4, -0.2) is 47.5 Å². The zero-order valence-corrected chi connectivity index (χ0v) is 15.0. The van der Waals surface area contributed by atoms with Crippen molar-refractivity contribution in [2.75, 3.05) is 32.1 Å². The van der Waals surface area contributed by atoms with Crippen molar-refractivity contribution >= 4 is 23.1 Å². The molecule has 128 valence electrons. The molecule has 1 aliphatic heterocycles. The van der Waals surface area contributed by atoms with Crippen molar-refractivity contribution in [3.05, 3.63) is 40.0 Å². The number of carbonyl (C=O) groups excluding carboxylic acids is 1. The molecule has 24 heavy (non-hydrogen) atoms. The van der Waals surface area contributed by atoms with Crippen molar-refractivity contribution in [2.45, 2.75) is 25.9 Å². The maximum absolute atomic E-state index is 12.8. The summed E-state index contributed by atoms with van der Waals surface area (Å²) in [5.74, 6) is 1.18. The molecular weight excluding hydrogens is 324 g/mol. The number of ether oxygens (including phenoxy) is 1. The van der Waals surface area contributed by atoms with E-state index in [1.807, 2.05) is 16.3 Å². The van der Waals surface area contributed by atoms with Crippen molar-refractivity contribution in [2.24, 2.45) is 0 Å². The van der Waals surface area contributed by atoms with Crippen LogP contribution in [0.3, 0.4) is 0 Å². The fourth-order valence-corrected chi connectivity index (χ4v) is 3.63.